The lowest BCUT2D eigenvalue weighted by Crippen LogP contribution is -2.47. The zero-order valence-corrected chi connectivity index (χ0v) is 73.5. The molecule has 3 aliphatic rings. The van der Waals surface area contributed by atoms with E-state index in [1.807, 2.05) is 58.0 Å². The molecule has 0 unspecified atom stereocenters. The van der Waals surface area contributed by atoms with E-state index in [1.54, 1.807) is 86.2 Å². The minimum absolute atomic E-state index is 0. The third-order valence-electron chi connectivity index (χ3n) is 22.9. The fraction of sp³-hybridized carbons (Fsp3) is 0.446. The van der Waals surface area contributed by atoms with Crippen LogP contribution in [0.2, 0.25) is 5.02 Å². The predicted molar refractivity (Wildman–Crippen MR) is 496 cm³/mol. The summed E-state index contributed by atoms with van der Waals surface area (Å²) >= 11 is 6.73. The van der Waals surface area contributed by atoms with Gasteiger partial charge in [0, 0.05) is 192 Å². The number of aromatic nitrogens is 12. The molecule has 1 N–H and O–H groups in total. The first-order valence-corrected chi connectivity index (χ1v) is 47.0. The van der Waals surface area contributed by atoms with Gasteiger partial charge in [0.2, 0.25) is 0 Å². The van der Waals surface area contributed by atoms with Crippen molar-refractivity contribution < 1.29 is 59.2 Å². The fourth-order valence-electron chi connectivity index (χ4n) is 16.5. The molecule has 678 valence electrons. The second kappa shape index (κ2) is 42.3. The smallest absolute Gasteiger partial charge is 0.154 e. The molecule has 0 amide bonds. The molecular weight excluding hydrogens is 1700 g/mol. The van der Waals surface area contributed by atoms with Crippen LogP contribution in [0.1, 0.15) is 152 Å². The number of hydrogen-bond donors (Lipinski definition) is 1. The molecule has 0 radical (unpaired) electrons. The molecule has 3 aliphatic heterocycles. The summed E-state index contributed by atoms with van der Waals surface area (Å²) in [4.78, 5) is 52.0. The fourth-order valence-corrected chi connectivity index (χ4v) is 21.3. The van der Waals surface area contributed by atoms with Gasteiger partial charge in [0.25, 0.3) is 0 Å². The van der Waals surface area contributed by atoms with E-state index in [4.69, 9.17) is 33.4 Å². The molecule has 0 aliphatic carbocycles. The highest BCUT2D eigenvalue weighted by Gasteiger charge is 2.33. The number of rotatable bonds is 28. The SMILES string of the molecule is C.C.C.CCCS(=O)(=O)Cc1ccc(F)c(-n2cc(-c3cncnc3)c3nc(N(C)C4CCN(CC(C)(C)O)CC4)ccc32)c1F.CCCS(=O)(=O)Cc1ccc(F)c(-n2cc(-c3cncnc3)c3nc(N(C)C4CCN(CC)CC4)ccc32)c1Cl.[2H]C([2H])([2H])C([2H])([2H])N1CCC(N(C)c2ccc3c(n2)c(-c2cncnc2)cn3-c2c(F)ccc(CS(=O)(=O)CCC)c2F)CC1. The maximum absolute atomic E-state index is 15.9. The van der Waals surface area contributed by atoms with E-state index < -0.39 is 94.7 Å². The Labute approximate surface area is 750 Å². The number of β-amino-alcohol motifs (C(OH)–C–C–N with tert-alkyl or cyclic N) is 1. The number of anilines is 3. The van der Waals surface area contributed by atoms with Crippen molar-refractivity contribution in [3.8, 4) is 50.4 Å². The van der Waals surface area contributed by atoms with Crippen LogP contribution in [0.3, 0.4) is 0 Å². The largest absolute Gasteiger partial charge is 0.389 e. The van der Waals surface area contributed by atoms with Gasteiger partial charge < -0.3 is 48.2 Å². The number of halogens is 6. The third-order valence-corrected chi connectivity index (χ3v) is 28.6. The second-order valence-electron chi connectivity index (χ2n) is 32.3. The van der Waals surface area contributed by atoms with Gasteiger partial charge in [0.05, 0.1) is 78.2 Å². The van der Waals surface area contributed by atoms with Crippen LogP contribution in [-0.2, 0) is 46.8 Å². The van der Waals surface area contributed by atoms with Gasteiger partial charge in [0.1, 0.15) is 70.9 Å². The third kappa shape index (κ3) is 22.6. The van der Waals surface area contributed by atoms with Gasteiger partial charge in [-0.1, -0.05) is 86.6 Å². The van der Waals surface area contributed by atoms with Crippen LogP contribution in [0.5, 0.6) is 0 Å². The van der Waals surface area contributed by atoms with E-state index in [0.717, 1.165) is 93.6 Å². The van der Waals surface area contributed by atoms with E-state index in [2.05, 4.69) is 63.5 Å². The van der Waals surface area contributed by atoms with Crippen molar-refractivity contribution in [1.82, 2.24) is 73.3 Å². The van der Waals surface area contributed by atoms with Crippen molar-refractivity contribution in [2.75, 3.05) is 112 Å². The van der Waals surface area contributed by atoms with Crippen molar-refractivity contribution >= 4 is 91.7 Å². The molecule has 3 saturated heterocycles. The number of piperidine rings is 3. The summed E-state index contributed by atoms with van der Waals surface area (Å²) in [5, 5.41) is 10.3. The highest BCUT2D eigenvalue weighted by Crippen LogP contribution is 2.41. The summed E-state index contributed by atoms with van der Waals surface area (Å²) in [6, 6.07) is 18.6. The summed E-state index contributed by atoms with van der Waals surface area (Å²) < 4.78 is 196. The summed E-state index contributed by atoms with van der Waals surface area (Å²) in [6.07, 6.45) is 25.0. The number of sulfone groups is 3. The van der Waals surface area contributed by atoms with Crippen LogP contribution < -0.4 is 14.7 Å². The van der Waals surface area contributed by atoms with Crippen molar-refractivity contribution in [2.45, 2.75) is 169 Å². The molecule has 34 heteroatoms. The zero-order valence-electron chi connectivity index (χ0n) is 75.3. The number of likely N-dealkylation sites (tertiary alicyclic amines) is 3. The first kappa shape index (κ1) is 90.8. The van der Waals surface area contributed by atoms with Crippen LogP contribution in [0.15, 0.2) is 148 Å². The molecule has 3 aromatic carbocycles. The number of hydrogen-bond acceptors (Lipinski definition) is 22. The lowest BCUT2D eigenvalue weighted by Gasteiger charge is -2.39. The molecule has 0 atom stereocenters. The average Bonchev–Trinajstić information content (AvgIpc) is 1.61. The van der Waals surface area contributed by atoms with Gasteiger partial charge >= 0.3 is 0 Å². The minimum Gasteiger partial charge on any atom is -0.389 e. The number of aliphatic hydroxyl groups is 1. The Hall–Kier alpha value is -10.0. The highest BCUT2D eigenvalue weighted by atomic mass is 35.5. The monoisotopic (exact) mass is 1820 g/mol. The van der Waals surface area contributed by atoms with Gasteiger partial charge in [-0.05, 0) is 145 Å². The van der Waals surface area contributed by atoms with Crippen LogP contribution >= 0.6 is 11.6 Å². The van der Waals surface area contributed by atoms with E-state index in [9.17, 15) is 30.4 Å². The van der Waals surface area contributed by atoms with Crippen molar-refractivity contribution in [2.24, 2.45) is 0 Å². The highest BCUT2D eigenvalue weighted by molar-refractivity contribution is 7.91. The molecule has 9 aromatic heterocycles. The molecule has 12 aromatic rings. The van der Waals surface area contributed by atoms with Gasteiger partial charge in [-0.15, -0.1) is 0 Å². The molecular formula is C92H118ClF5N18O7S3. The summed E-state index contributed by atoms with van der Waals surface area (Å²) in [5.41, 5.74) is 5.49. The Balaban J connectivity index is 0.000000202. The van der Waals surface area contributed by atoms with E-state index in [0.29, 0.717) is 117 Å². The van der Waals surface area contributed by atoms with E-state index >= 15 is 22.0 Å². The predicted octanol–water partition coefficient (Wildman–Crippen LogP) is 17.2. The van der Waals surface area contributed by atoms with Crippen LogP contribution in [-0.4, -0.2) is 225 Å². The second-order valence-corrected chi connectivity index (χ2v) is 39.2. The Morgan fingerprint density at radius 3 is 1.07 bits per heavy atom. The van der Waals surface area contributed by atoms with E-state index in [-0.39, 0.29) is 98.0 Å². The average molecular weight is 1820 g/mol. The normalized spacial score (nSPS) is 15.6. The van der Waals surface area contributed by atoms with Crippen molar-refractivity contribution in [3.63, 3.8) is 0 Å². The number of fused-ring (bicyclic) bond motifs is 3. The zero-order chi connectivity index (χ0) is 92.1. The molecule has 12 heterocycles. The first-order valence-electron chi connectivity index (χ1n) is 43.7. The number of pyridine rings is 3. The van der Waals surface area contributed by atoms with Crippen LogP contribution in [0.25, 0.3) is 83.5 Å². The quantitative estimate of drug-likeness (QED) is 0.0446. The summed E-state index contributed by atoms with van der Waals surface area (Å²) in [6.45, 7) is 11.8. The summed E-state index contributed by atoms with van der Waals surface area (Å²) in [7, 11) is -4.64. The van der Waals surface area contributed by atoms with Gasteiger partial charge in [0.15, 0.2) is 41.1 Å². The van der Waals surface area contributed by atoms with Crippen molar-refractivity contribution in [3.05, 3.63) is 198 Å². The maximum atomic E-state index is 15.9. The van der Waals surface area contributed by atoms with E-state index in [1.165, 1.54) is 57.4 Å². The Morgan fingerprint density at radius 2 is 0.754 bits per heavy atom. The molecule has 0 bridgehead atoms. The van der Waals surface area contributed by atoms with Crippen molar-refractivity contribution in [1.29, 1.82) is 0 Å². The molecule has 0 saturated carbocycles. The summed E-state index contributed by atoms with van der Waals surface area (Å²) in [5.74, 6) is -3.55. The maximum Gasteiger partial charge on any atom is 0.154 e. The Kier molecular flexibility index (Phi) is 30.5. The van der Waals surface area contributed by atoms with Gasteiger partial charge in [-0.25, -0.2) is 92.1 Å². The van der Waals surface area contributed by atoms with Crippen LogP contribution in [0, 0.1) is 29.1 Å². The molecule has 15 rings (SSSR count). The molecule has 0 spiro atoms. The van der Waals surface area contributed by atoms with Gasteiger partial charge in [-0.3, -0.25) is 0 Å². The van der Waals surface area contributed by atoms with Gasteiger partial charge in [-0.2, -0.15) is 0 Å². The first-order chi connectivity index (χ1) is 60.7. The van der Waals surface area contributed by atoms with Crippen LogP contribution in [0.4, 0.5) is 39.4 Å². The standard InChI is InChI=1S/C31H38F2N6O3S.C29H34ClFN6O2S.C29H34F2N6O2S.3CH4/c1-5-14-43(41,42)18-21-6-7-25(32)30(28(21)33)39-17-24(22-15-34-20-35-16-22)29-26(39)8-9-27(36-29)37(4)23-10-12-38(13-11-23)19-31(2,3)40;1-4-14-40(38,39)18-20-6-7-24(31)29(27(20)30)37-17-23(21-15-32-19-33-16-21)28-25(37)8-9-26(34-28)35(3)22-10-12-36(5-2)13-11-22;1-4-14-40(38,39)18-20-6-7-24(30)29(27(20)31)37-17-23(21-15-32-19-33-16-21)28-25(37)8-9-26(34-28)35(3)22-10-12-36(5-2)13-11-22;;;/h6-9,15-17,20,23,40H,5,10-14,18-19H2,1-4H3;2*6-9,15-17,19,22H,4-5,10-14,18H2,1-3H3;3*1H4/i;;2D3,5D2;;;. The number of nitrogens with zero attached hydrogens (tertiary/aromatic N) is 18. The topological polar surface area (TPSA) is 273 Å². The number of benzene rings is 3. The molecule has 126 heavy (non-hydrogen) atoms. The Bertz CT molecular complexity index is 6310. The molecule has 25 nitrogen and oxygen atoms in total. The minimum atomic E-state index is -3.60. The lowest BCUT2D eigenvalue weighted by molar-refractivity contribution is 0.0282. The molecule has 3 fully saturated rings. The Morgan fingerprint density at radius 1 is 0.452 bits per heavy atom. The lowest BCUT2D eigenvalue weighted by atomic mass is 10.0.